The SMILES string of the molecule is CC(=O)NCCC(=O)N1CC[C@]2(CC[C@@](c3ccccc3)(N(C)C)CC2)C1. The standard InChI is InChI=1S/C22H33N3O2/c1-18(26)23-15-9-20(27)25-16-14-21(17-25)10-12-22(13-11-21,24(2)3)19-7-5-4-6-8-19/h4-8H,9-17H2,1-3H3,(H,23,26)/t21-,22-. The number of nitrogens with zero attached hydrogens (tertiary/aromatic N) is 2. The van der Waals surface area contributed by atoms with Gasteiger partial charge in [-0.1, -0.05) is 30.3 Å². The Labute approximate surface area is 163 Å². The van der Waals surface area contributed by atoms with Gasteiger partial charge < -0.3 is 10.2 Å². The first kappa shape index (κ1) is 19.9. The largest absolute Gasteiger partial charge is 0.356 e. The number of rotatable bonds is 5. The lowest BCUT2D eigenvalue weighted by Crippen LogP contribution is -2.47. The average molecular weight is 372 g/mol. The number of carbonyl (C=O) groups is 2. The minimum atomic E-state index is -0.0751. The molecule has 0 bridgehead atoms. The van der Waals surface area contributed by atoms with Crippen molar-refractivity contribution in [2.75, 3.05) is 33.7 Å². The maximum Gasteiger partial charge on any atom is 0.224 e. The monoisotopic (exact) mass is 371 g/mol. The first-order valence-corrected chi connectivity index (χ1v) is 10.1. The number of likely N-dealkylation sites (tertiary alicyclic amines) is 1. The molecule has 0 unspecified atom stereocenters. The molecular weight excluding hydrogens is 338 g/mol. The molecule has 5 heteroatoms. The summed E-state index contributed by atoms with van der Waals surface area (Å²) in [6.45, 7) is 3.67. The van der Waals surface area contributed by atoms with Crippen molar-refractivity contribution in [3.8, 4) is 0 Å². The van der Waals surface area contributed by atoms with Crippen molar-refractivity contribution < 1.29 is 9.59 Å². The van der Waals surface area contributed by atoms with Crippen molar-refractivity contribution in [2.24, 2.45) is 5.41 Å². The van der Waals surface area contributed by atoms with Gasteiger partial charge in [0.1, 0.15) is 0 Å². The minimum Gasteiger partial charge on any atom is -0.356 e. The van der Waals surface area contributed by atoms with Gasteiger partial charge in [-0.3, -0.25) is 14.5 Å². The Morgan fingerprint density at radius 3 is 2.33 bits per heavy atom. The lowest BCUT2D eigenvalue weighted by Gasteiger charge is -2.49. The molecule has 27 heavy (non-hydrogen) atoms. The van der Waals surface area contributed by atoms with Crippen molar-refractivity contribution in [3.63, 3.8) is 0 Å². The van der Waals surface area contributed by atoms with E-state index in [-0.39, 0.29) is 22.8 Å². The molecule has 1 aliphatic heterocycles. The molecule has 2 fully saturated rings. The summed E-state index contributed by atoms with van der Waals surface area (Å²) >= 11 is 0. The van der Waals surface area contributed by atoms with Crippen molar-refractivity contribution in [3.05, 3.63) is 35.9 Å². The fraction of sp³-hybridized carbons (Fsp3) is 0.636. The fourth-order valence-electron chi connectivity index (χ4n) is 5.00. The van der Waals surface area contributed by atoms with Gasteiger partial charge in [0.2, 0.25) is 11.8 Å². The zero-order valence-electron chi connectivity index (χ0n) is 17.0. The Bertz CT molecular complexity index is 663. The highest BCUT2D eigenvalue weighted by atomic mass is 16.2. The molecule has 0 atom stereocenters. The van der Waals surface area contributed by atoms with E-state index in [1.807, 2.05) is 4.90 Å². The van der Waals surface area contributed by atoms with E-state index in [4.69, 9.17) is 0 Å². The Balaban J connectivity index is 1.61. The summed E-state index contributed by atoms with van der Waals surface area (Å²) in [7, 11) is 4.38. The van der Waals surface area contributed by atoms with Gasteiger partial charge in [-0.15, -0.1) is 0 Å². The van der Waals surface area contributed by atoms with Crippen molar-refractivity contribution in [2.45, 2.75) is 51.0 Å². The molecular formula is C22H33N3O2. The smallest absolute Gasteiger partial charge is 0.224 e. The van der Waals surface area contributed by atoms with Gasteiger partial charge in [0.25, 0.3) is 0 Å². The van der Waals surface area contributed by atoms with Crippen LogP contribution in [0.1, 0.15) is 51.0 Å². The van der Waals surface area contributed by atoms with Gasteiger partial charge in [-0.25, -0.2) is 0 Å². The zero-order valence-corrected chi connectivity index (χ0v) is 17.0. The van der Waals surface area contributed by atoms with Gasteiger partial charge in [0.05, 0.1) is 0 Å². The van der Waals surface area contributed by atoms with Crippen LogP contribution in [0.25, 0.3) is 0 Å². The van der Waals surface area contributed by atoms with Crippen LogP contribution in [0.4, 0.5) is 0 Å². The van der Waals surface area contributed by atoms with Crippen molar-refractivity contribution >= 4 is 11.8 Å². The topological polar surface area (TPSA) is 52.7 Å². The van der Waals surface area contributed by atoms with Crippen LogP contribution in [0.15, 0.2) is 30.3 Å². The normalized spacial score (nSPS) is 27.9. The zero-order chi connectivity index (χ0) is 19.5. The first-order chi connectivity index (χ1) is 12.9. The second-order valence-electron chi connectivity index (χ2n) is 8.59. The Morgan fingerprint density at radius 2 is 1.74 bits per heavy atom. The van der Waals surface area contributed by atoms with Crippen LogP contribution < -0.4 is 5.32 Å². The number of nitrogens with one attached hydrogen (secondary N) is 1. The van der Waals surface area contributed by atoms with E-state index in [9.17, 15) is 9.59 Å². The number of carbonyl (C=O) groups excluding carboxylic acids is 2. The highest BCUT2D eigenvalue weighted by Crippen LogP contribution is 2.51. The minimum absolute atomic E-state index is 0.0751. The molecule has 1 saturated heterocycles. The van der Waals surface area contributed by atoms with E-state index < -0.39 is 0 Å². The molecule has 1 spiro atoms. The quantitative estimate of drug-likeness (QED) is 0.866. The second kappa shape index (κ2) is 8.01. The van der Waals surface area contributed by atoms with Crippen LogP contribution in [0.2, 0.25) is 0 Å². The molecule has 3 rings (SSSR count). The van der Waals surface area contributed by atoms with Gasteiger partial charge >= 0.3 is 0 Å². The summed E-state index contributed by atoms with van der Waals surface area (Å²) in [5.74, 6) is 0.0991. The summed E-state index contributed by atoms with van der Waals surface area (Å²) < 4.78 is 0. The molecule has 148 valence electrons. The van der Waals surface area contributed by atoms with Gasteiger partial charge in [0, 0.05) is 38.5 Å². The number of benzene rings is 1. The van der Waals surface area contributed by atoms with Crippen LogP contribution >= 0.6 is 0 Å². The van der Waals surface area contributed by atoms with E-state index in [0.29, 0.717) is 13.0 Å². The second-order valence-corrected chi connectivity index (χ2v) is 8.59. The molecule has 0 radical (unpaired) electrons. The molecule has 2 aliphatic rings. The molecule has 1 heterocycles. The molecule has 1 saturated carbocycles. The van der Waals surface area contributed by atoms with Crippen molar-refractivity contribution in [1.29, 1.82) is 0 Å². The highest BCUT2D eigenvalue weighted by molar-refractivity contribution is 5.78. The summed E-state index contributed by atoms with van der Waals surface area (Å²) in [5, 5.41) is 2.72. The summed E-state index contributed by atoms with van der Waals surface area (Å²) in [6.07, 6.45) is 6.11. The molecule has 0 aromatic heterocycles. The van der Waals surface area contributed by atoms with E-state index in [1.165, 1.54) is 12.5 Å². The van der Waals surface area contributed by atoms with Gasteiger partial charge in [0.15, 0.2) is 0 Å². The van der Waals surface area contributed by atoms with Crippen molar-refractivity contribution in [1.82, 2.24) is 15.1 Å². The molecule has 2 amide bonds. The van der Waals surface area contributed by atoms with Crippen LogP contribution in [-0.4, -0.2) is 55.3 Å². The Morgan fingerprint density at radius 1 is 1.07 bits per heavy atom. The maximum absolute atomic E-state index is 12.5. The molecule has 1 aliphatic carbocycles. The van der Waals surface area contributed by atoms with Crippen LogP contribution in [-0.2, 0) is 15.1 Å². The molecule has 1 aromatic rings. The van der Waals surface area contributed by atoms with Crippen LogP contribution in [0.3, 0.4) is 0 Å². The van der Waals surface area contributed by atoms with E-state index in [0.717, 1.165) is 45.2 Å². The number of hydrogen-bond donors (Lipinski definition) is 1. The van der Waals surface area contributed by atoms with Crippen LogP contribution in [0.5, 0.6) is 0 Å². The Hall–Kier alpha value is -1.88. The van der Waals surface area contributed by atoms with Gasteiger partial charge in [-0.2, -0.15) is 0 Å². The van der Waals surface area contributed by atoms with Gasteiger partial charge in [-0.05, 0) is 57.2 Å². The van der Waals surface area contributed by atoms with Crippen LogP contribution in [0, 0.1) is 5.41 Å². The van der Waals surface area contributed by atoms with E-state index in [2.05, 4.69) is 54.6 Å². The maximum atomic E-state index is 12.5. The lowest BCUT2D eigenvalue weighted by atomic mass is 9.64. The highest BCUT2D eigenvalue weighted by Gasteiger charge is 2.48. The number of amides is 2. The third-order valence-electron chi connectivity index (χ3n) is 6.81. The molecule has 5 nitrogen and oxygen atoms in total. The fourth-order valence-corrected chi connectivity index (χ4v) is 5.00. The molecule has 1 aromatic carbocycles. The third kappa shape index (κ3) is 4.18. The predicted octanol–water partition coefficient (Wildman–Crippen LogP) is 2.76. The predicted molar refractivity (Wildman–Crippen MR) is 107 cm³/mol. The average Bonchev–Trinajstić information content (AvgIpc) is 3.07. The first-order valence-electron chi connectivity index (χ1n) is 10.1. The summed E-state index contributed by atoms with van der Waals surface area (Å²) in [6, 6.07) is 10.9. The number of hydrogen-bond acceptors (Lipinski definition) is 3. The summed E-state index contributed by atoms with van der Waals surface area (Å²) in [4.78, 5) is 27.9. The van der Waals surface area contributed by atoms with E-state index >= 15 is 0 Å². The van der Waals surface area contributed by atoms with E-state index in [1.54, 1.807) is 0 Å². The summed E-state index contributed by atoms with van der Waals surface area (Å²) in [5.41, 5.74) is 1.79. The Kier molecular flexibility index (Phi) is 5.89. The third-order valence-corrected chi connectivity index (χ3v) is 6.81. The molecule has 1 N–H and O–H groups in total. The lowest BCUT2D eigenvalue weighted by molar-refractivity contribution is -0.130.